The molecule has 0 bridgehead atoms. The number of anilines is 1. The topological polar surface area (TPSA) is 92.7 Å². The normalized spacial score (nSPS) is 16.4. The fraction of sp³-hybridized carbons (Fsp3) is 0.176. The van der Waals surface area contributed by atoms with Gasteiger partial charge in [0, 0.05) is 28.4 Å². The van der Waals surface area contributed by atoms with Crippen molar-refractivity contribution in [2.24, 2.45) is 0 Å². The summed E-state index contributed by atoms with van der Waals surface area (Å²) in [5.74, 6) is 0.890. The van der Waals surface area contributed by atoms with Crippen molar-refractivity contribution in [3.63, 3.8) is 0 Å². The van der Waals surface area contributed by atoms with Crippen molar-refractivity contribution in [3.8, 4) is 5.82 Å². The molecule has 126 valence electrons. The fourth-order valence-electron chi connectivity index (χ4n) is 3.15. The molecule has 1 amide bonds. The predicted molar refractivity (Wildman–Crippen MR) is 95.9 cm³/mol. The maximum atomic E-state index is 12.3. The van der Waals surface area contributed by atoms with Crippen LogP contribution in [0.1, 0.15) is 29.2 Å². The standard InChI is InChI=1S/C17H14BrN5O2/c1-9-16-12(10-2-4-11(18)5-3-10)8-15(25)19-17(16)23(22-9)13-6-7-14(24)21-20-13/h2-7,12H,8H2,1H3,(H,19,25)(H,21,24)/t12-/m0/s1. The van der Waals surface area contributed by atoms with Gasteiger partial charge < -0.3 is 5.32 Å². The first kappa shape index (κ1) is 15.8. The van der Waals surface area contributed by atoms with Crippen LogP contribution in [0.4, 0.5) is 5.82 Å². The number of hydrogen-bond acceptors (Lipinski definition) is 4. The number of rotatable bonds is 2. The molecule has 1 aliphatic heterocycles. The molecule has 7 nitrogen and oxygen atoms in total. The monoisotopic (exact) mass is 399 g/mol. The van der Waals surface area contributed by atoms with Crippen molar-refractivity contribution < 1.29 is 4.79 Å². The van der Waals surface area contributed by atoms with Crippen LogP contribution in [0.25, 0.3) is 5.82 Å². The molecular formula is C17H14BrN5O2. The van der Waals surface area contributed by atoms with E-state index in [-0.39, 0.29) is 17.4 Å². The van der Waals surface area contributed by atoms with Crippen LogP contribution in [0.2, 0.25) is 0 Å². The molecule has 4 rings (SSSR count). The molecular weight excluding hydrogens is 386 g/mol. The van der Waals surface area contributed by atoms with Gasteiger partial charge in [0.2, 0.25) is 5.91 Å². The third-order valence-electron chi connectivity index (χ3n) is 4.26. The van der Waals surface area contributed by atoms with Gasteiger partial charge in [0.1, 0.15) is 5.82 Å². The zero-order valence-corrected chi connectivity index (χ0v) is 14.9. The third kappa shape index (κ3) is 2.78. The van der Waals surface area contributed by atoms with Crippen molar-refractivity contribution in [1.29, 1.82) is 0 Å². The number of nitrogens with zero attached hydrogens (tertiary/aromatic N) is 3. The average molecular weight is 400 g/mol. The highest BCUT2D eigenvalue weighted by molar-refractivity contribution is 9.10. The number of hydrogen-bond donors (Lipinski definition) is 2. The summed E-state index contributed by atoms with van der Waals surface area (Å²) in [5.41, 5.74) is 2.54. The van der Waals surface area contributed by atoms with Crippen LogP contribution < -0.4 is 10.9 Å². The number of H-pyrrole nitrogens is 1. The van der Waals surface area contributed by atoms with E-state index < -0.39 is 0 Å². The molecule has 2 aromatic heterocycles. The second-order valence-electron chi connectivity index (χ2n) is 5.90. The van der Waals surface area contributed by atoms with Gasteiger partial charge in [-0.2, -0.15) is 14.9 Å². The van der Waals surface area contributed by atoms with Crippen LogP contribution in [-0.4, -0.2) is 25.9 Å². The highest BCUT2D eigenvalue weighted by Gasteiger charge is 2.32. The lowest BCUT2D eigenvalue weighted by atomic mass is 9.86. The highest BCUT2D eigenvalue weighted by Crippen LogP contribution is 2.40. The van der Waals surface area contributed by atoms with Gasteiger partial charge in [-0.15, -0.1) is 0 Å². The van der Waals surface area contributed by atoms with Crippen LogP contribution in [0.3, 0.4) is 0 Å². The Bertz CT molecular complexity index is 1000. The number of benzene rings is 1. The minimum absolute atomic E-state index is 0.0756. The molecule has 3 heterocycles. The van der Waals surface area contributed by atoms with E-state index in [0.717, 1.165) is 21.3 Å². The molecule has 0 spiro atoms. The Morgan fingerprint density at radius 1 is 1.16 bits per heavy atom. The molecule has 0 fully saturated rings. The summed E-state index contributed by atoms with van der Waals surface area (Å²) in [6, 6.07) is 10.9. The van der Waals surface area contributed by atoms with E-state index in [1.807, 2.05) is 31.2 Å². The van der Waals surface area contributed by atoms with Gasteiger partial charge in [-0.05, 0) is 30.7 Å². The summed E-state index contributed by atoms with van der Waals surface area (Å²) >= 11 is 3.44. The molecule has 1 aromatic carbocycles. The third-order valence-corrected chi connectivity index (χ3v) is 4.78. The van der Waals surface area contributed by atoms with E-state index in [4.69, 9.17) is 0 Å². The minimum atomic E-state index is -0.293. The molecule has 0 aliphatic carbocycles. The smallest absolute Gasteiger partial charge is 0.264 e. The average Bonchev–Trinajstić information content (AvgIpc) is 2.92. The van der Waals surface area contributed by atoms with Crippen LogP contribution >= 0.6 is 15.9 Å². The van der Waals surface area contributed by atoms with E-state index in [1.54, 1.807) is 10.7 Å². The van der Waals surface area contributed by atoms with E-state index in [0.29, 0.717) is 18.1 Å². The van der Waals surface area contributed by atoms with Crippen LogP contribution in [0.15, 0.2) is 45.7 Å². The van der Waals surface area contributed by atoms with E-state index >= 15 is 0 Å². The maximum absolute atomic E-state index is 12.3. The first-order valence-electron chi connectivity index (χ1n) is 7.74. The number of amides is 1. The van der Waals surface area contributed by atoms with Gasteiger partial charge >= 0.3 is 0 Å². The summed E-state index contributed by atoms with van der Waals surface area (Å²) in [6.45, 7) is 1.91. The largest absolute Gasteiger partial charge is 0.310 e. The number of halogens is 1. The maximum Gasteiger partial charge on any atom is 0.264 e. The van der Waals surface area contributed by atoms with Crippen molar-refractivity contribution in [2.75, 3.05) is 5.32 Å². The molecule has 8 heteroatoms. The second-order valence-corrected chi connectivity index (χ2v) is 6.81. The Kier molecular flexibility index (Phi) is 3.76. The van der Waals surface area contributed by atoms with Crippen LogP contribution in [0, 0.1) is 6.92 Å². The highest BCUT2D eigenvalue weighted by atomic mass is 79.9. The van der Waals surface area contributed by atoms with Gasteiger partial charge in [0.15, 0.2) is 5.82 Å². The molecule has 3 aromatic rings. The number of carbonyl (C=O) groups excluding carboxylic acids is 1. The molecule has 1 aliphatic rings. The summed E-state index contributed by atoms with van der Waals surface area (Å²) in [4.78, 5) is 23.5. The lowest BCUT2D eigenvalue weighted by molar-refractivity contribution is -0.116. The predicted octanol–water partition coefficient (Wildman–Crippen LogP) is 2.50. The number of carbonyl (C=O) groups is 1. The van der Waals surface area contributed by atoms with Gasteiger partial charge in [-0.3, -0.25) is 9.59 Å². The lowest BCUT2D eigenvalue weighted by Gasteiger charge is -2.24. The molecule has 2 N–H and O–H groups in total. The van der Waals surface area contributed by atoms with Crippen molar-refractivity contribution in [2.45, 2.75) is 19.3 Å². The number of aromatic nitrogens is 4. The number of fused-ring (bicyclic) bond motifs is 1. The Morgan fingerprint density at radius 2 is 1.92 bits per heavy atom. The Hall–Kier alpha value is -2.74. The summed E-state index contributed by atoms with van der Waals surface area (Å²) < 4.78 is 2.55. The zero-order chi connectivity index (χ0) is 17.6. The summed E-state index contributed by atoms with van der Waals surface area (Å²) in [7, 11) is 0. The Morgan fingerprint density at radius 3 is 2.60 bits per heavy atom. The van der Waals surface area contributed by atoms with Gasteiger partial charge in [-0.25, -0.2) is 5.10 Å². The van der Waals surface area contributed by atoms with E-state index in [9.17, 15) is 9.59 Å². The van der Waals surface area contributed by atoms with Crippen molar-refractivity contribution >= 4 is 27.7 Å². The van der Waals surface area contributed by atoms with Gasteiger partial charge in [-0.1, -0.05) is 28.1 Å². The quantitative estimate of drug-likeness (QED) is 0.692. The van der Waals surface area contributed by atoms with Crippen LogP contribution in [0.5, 0.6) is 0 Å². The van der Waals surface area contributed by atoms with Crippen molar-refractivity contribution in [3.05, 3.63) is 68.0 Å². The van der Waals surface area contributed by atoms with Gasteiger partial charge in [0.05, 0.1) is 5.69 Å². The molecule has 25 heavy (non-hydrogen) atoms. The zero-order valence-electron chi connectivity index (χ0n) is 13.3. The van der Waals surface area contributed by atoms with Crippen molar-refractivity contribution in [1.82, 2.24) is 20.0 Å². The molecule has 0 saturated heterocycles. The van der Waals surface area contributed by atoms with E-state index in [2.05, 4.69) is 36.5 Å². The van der Waals surface area contributed by atoms with E-state index in [1.165, 1.54) is 6.07 Å². The number of nitrogens with one attached hydrogen (secondary N) is 2. The van der Waals surface area contributed by atoms with Crippen LogP contribution in [-0.2, 0) is 4.79 Å². The first-order chi connectivity index (χ1) is 12.0. The first-order valence-corrected chi connectivity index (χ1v) is 8.53. The number of aryl methyl sites for hydroxylation is 1. The summed E-state index contributed by atoms with van der Waals surface area (Å²) in [5, 5.41) is 13.8. The SMILES string of the molecule is Cc1nn(-c2ccc(=O)[nH]n2)c2c1[C@H](c1ccc(Br)cc1)CC(=O)N2. The molecule has 0 saturated carbocycles. The second kappa shape index (κ2) is 5.96. The van der Waals surface area contributed by atoms with Gasteiger partial charge in [0.25, 0.3) is 5.56 Å². The Labute approximate surface area is 151 Å². The molecule has 0 unspecified atom stereocenters. The number of aromatic amines is 1. The lowest BCUT2D eigenvalue weighted by Crippen LogP contribution is -2.25. The Balaban J connectivity index is 1.87. The molecule has 0 radical (unpaired) electrons. The summed E-state index contributed by atoms with van der Waals surface area (Å²) in [6.07, 6.45) is 0.361. The minimum Gasteiger partial charge on any atom is -0.310 e. The molecule has 1 atom stereocenters. The fourth-order valence-corrected chi connectivity index (χ4v) is 3.41.